The van der Waals surface area contributed by atoms with E-state index < -0.39 is 6.09 Å². The van der Waals surface area contributed by atoms with E-state index in [9.17, 15) is 4.79 Å². The van der Waals surface area contributed by atoms with Gasteiger partial charge in [-0.1, -0.05) is 0 Å². The predicted octanol–water partition coefficient (Wildman–Crippen LogP) is 3.37. The number of carbonyl (C=O) groups is 1. The standard InChI is InChI=1S/C17H22N2O4/c1-21-14-9-8-13(16(11-14)22-2)10-12-6-4-5-7-15(12)18-19-17(20)23-3/h8-11H,4-7H2,1-3H3,(H,19,20)/b12-10+,18-15+. The highest BCUT2D eigenvalue weighted by Crippen LogP contribution is 2.29. The van der Waals surface area contributed by atoms with Crippen LogP contribution < -0.4 is 14.9 Å². The Morgan fingerprint density at radius 2 is 1.96 bits per heavy atom. The second-order valence-electron chi connectivity index (χ2n) is 5.15. The molecule has 0 radical (unpaired) electrons. The van der Waals surface area contributed by atoms with Crippen molar-refractivity contribution in [3.05, 3.63) is 29.3 Å². The Kier molecular flexibility index (Phi) is 6.02. The van der Waals surface area contributed by atoms with E-state index in [1.165, 1.54) is 7.11 Å². The maximum absolute atomic E-state index is 11.2. The van der Waals surface area contributed by atoms with Gasteiger partial charge in [0.1, 0.15) is 11.5 Å². The van der Waals surface area contributed by atoms with E-state index in [4.69, 9.17) is 9.47 Å². The lowest BCUT2D eigenvalue weighted by Crippen LogP contribution is -2.21. The topological polar surface area (TPSA) is 69.2 Å². The summed E-state index contributed by atoms with van der Waals surface area (Å²) < 4.78 is 15.2. The number of benzene rings is 1. The van der Waals surface area contributed by atoms with Gasteiger partial charge in [0.2, 0.25) is 0 Å². The Hall–Kier alpha value is -2.50. The SMILES string of the molecule is COC(=O)N/N=C1\CCCC\C1=C/c1ccc(OC)cc1OC. The zero-order valence-corrected chi connectivity index (χ0v) is 13.7. The molecule has 0 atom stereocenters. The van der Waals surface area contributed by atoms with E-state index in [0.717, 1.165) is 54.0 Å². The molecule has 1 aliphatic rings. The molecule has 1 aromatic carbocycles. The zero-order valence-electron chi connectivity index (χ0n) is 13.7. The lowest BCUT2D eigenvalue weighted by atomic mass is 9.91. The number of amides is 1. The molecule has 1 saturated carbocycles. The van der Waals surface area contributed by atoms with Crippen molar-refractivity contribution in [3.63, 3.8) is 0 Å². The number of nitrogens with zero attached hydrogens (tertiary/aromatic N) is 1. The van der Waals surface area contributed by atoms with Gasteiger partial charge in [-0.2, -0.15) is 5.10 Å². The number of hydrazone groups is 1. The molecule has 1 amide bonds. The highest BCUT2D eigenvalue weighted by molar-refractivity contribution is 6.04. The van der Waals surface area contributed by atoms with Crippen LogP contribution >= 0.6 is 0 Å². The van der Waals surface area contributed by atoms with Crippen molar-refractivity contribution < 1.29 is 19.0 Å². The molecule has 0 spiro atoms. The van der Waals surface area contributed by atoms with Crippen LogP contribution in [0.1, 0.15) is 31.2 Å². The van der Waals surface area contributed by atoms with Crippen LogP contribution in [0, 0.1) is 0 Å². The Bertz CT molecular complexity index is 623. The van der Waals surface area contributed by atoms with Crippen molar-refractivity contribution in [2.75, 3.05) is 21.3 Å². The summed E-state index contributed by atoms with van der Waals surface area (Å²) in [7, 11) is 4.57. The van der Waals surface area contributed by atoms with Crippen molar-refractivity contribution in [1.29, 1.82) is 0 Å². The van der Waals surface area contributed by atoms with Gasteiger partial charge in [0, 0.05) is 11.6 Å². The van der Waals surface area contributed by atoms with Crippen molar-refractivity contribution in [3.8, 4) is 11.5 Å². The molecule has 23 heavy (non-hydrogen) atoms. The minimum Gasteiger partial charge on any atom is -0.497 e. The van der Waals surface area contributed by atoms with Gasteiger partial charge in [0.25, 0.3) is 0 Å². The molecule has 6 heteroatoms. The molecule has 124 valence electrons. The number of methoxy groups -OCH3 is 3. The molecule has 0 bridgehead atoms. The van der Waals surface area contributed by atoms with Crippen molar-refractivity contribution in [1.82, 2.24) is 5.43 Å². The summed E-state index contributed by atoms with van der Waals surface area (Å²) in [5.41, 5.74) is 5.32. The minimum absolute atomic E-state index is 0.565. The Labute approximate surface area is 136 Å². The average molecular weight is 318 g/mol. The minimum atomic E-state index is -0.565. The Balaban J connectivity index is 2.29. The second-order valence-corrected chi connectivity index (χ2v) is 5.15. The molecule has 0 aliphatic heterocycles. The molecule has 1 aromatic rings. The fourth-order valence-corrected chi connectivity index (χ4v) is 2.48. The molecule has 1 fully saturated rings. The first-order valence-electron chi connectivity index (χ1n) is 7.51. The predicted molar refractivity (Wildman–Crippen MR) is 89.0 cm³/mol. The summed E-state index contributed by atoms with van der Waals surface area (Å²) in [5, 5.41) is 4.18. The Morgan fingerprint density at radius 1 is 1.17 bits per heavy atom. The van der Waals surface area contributed by atoms with Gasteiger partial charge in [0.15, 0.2) is 0 Å². The van der Waals surface area contributed by atoms with Gasteiger partial charge >= 0.3 is 6.09 Å². The Morgan fingerprint density at radius 3 is 2.65 bits per heavy atom. The zero-order chi connectivity index (χ0) is 16.7. The van der Waals surface area contributed by atoms with E-state index in [1.807, 2.05) is 18.2 Å². The van der Waals surface area contributed by atoms with E-state index in [0.29, 0.717) is 0 Å². The summed E-state index contributed by atoms with van der Waals surface area (Å²) in [6.45, 7) is 0. The molecular formula is C17H22N2O4. The molecular weight excluding hydrogens is 296 g/mol. The second kappa shape index (κ2) is 8.22. The van der Waals surface area contributed by atoms with Gasteiger partial charge in [-0.25, -0.2) is 10.2 Å². The highest BCUT2D eigenvalue weighted by Gasteiger charge is 2.15. The largest absolute Gasteiger partial charge is 0.497 e. The molecule has 2 rings (SSSR count). The summed E-state index contributed by atoms with van der Waals surface area (Å²) in [4.78, 5) is 11.2. The first-order chi connectivity index (χ1) is 11.2. The molecule has 0 unspecified atom stereocenters. The van der Waals surface area contributed by atoms with Crippen molar-refractivity contribution in [2.45, 2.75) is 25.7 Å². The van der Waals surface area contributed by atoms with Gasteiger partial charge in [-0.05, 0) is 49.5 Å². The van der Waals surface area contributed by atoms with Crippen LogP contribution in [0.25, 0.3) is 6.08 Å². The molecule has 0 aromatic heterocycles. The van der Waals surface area contributed by atoms with E-state index >= 15 is 0 Å². The van der Waals surface area contributed by atoms with Crippen LogP contribution in [0.2, 0.25) is 0 Å². The van der Waals surface area contributed by atoms with E-state index in [1.54, 1.807) is 14.2 Å². The summed E-state index contributed by atoms with van der Waals surface area (Å²) in [6.07, 6.45) is 5.38. The lowest BCUT2D eigenvalue weighted by Gasteiger charge is -2.17. The fourth-order valence-electron chi connectivity index (χ4n) is 2.48. The summed E-state index contributed by atoms with van der Waals surface area (Å²) >= 11 is 0. The number of rotatable bonds is 4. The van der Waals surface area contributed by atoms with Gasteiger partial charge in [-0.3, -0.25) is 0 Å². The molecule has 1 N–H and O–H groups in total. The van der Waals surface area contributed by atoms with E-state index in [2.05, 4.69) is 21.3 Å². The van der Waals surface area contributed by atoms with Crippen molar-refractivity contribution in [2.24, 2.45) is 5.10 Å². The smallest absolute Gasteiger partial charge is 0.427 e. The number of ether oxygens (including phenoxy) is 3. The van der Waals surface area contributed by atoms with Crippen LogP contribution in [0.3, 0.4) is 0 Å². The van der Waals surface area contributed by atoms with Gasteiger partial charge in [-0.15, -0.1) is 0 Å². The first kappa shape index (κ1) is 16.9. The monoisotopic (exact) mass is 318 g/mol. The molecule has 6 nitrogen and oxygen atoms in total. The summed E-state index contributed by atoms with van der Waals surface area (Å²) in [5.74, 6) is 1.48. The number of allylic oxidation sites excluding steroid dienone is 1. The van der Waals surface area contributed by atoms with Crippen LogP contribution in [0.15, 0.2) is 28.9 Å². The highest BCUT2D eigenvalue weighted by atomic mass is 16.5. The number of hydrogen-bond donors (Lipinski definition) is 1. The van der Waals surface area contributed by atoms with Crippen LogP contribution in [-0.2, 0) is 4.74 Å². The normalized spacial score (nSPS) is 17.9. The third-order valence-corrected chi connectivity index (χ3v) is 3.72. The lowest BCUT2D eigenvalue weighted by molar-refractivity contribution is 0.171. The number of nitrogens with one attached hydrogen (secondary N) is 1. The van der Waals surface area contributed by atoms with Gasteiger partial charge in [0.05, 0.1) is 27.0 Å². The third kappa shape index (κ3) is 4.48. The molecule has 0 saturated heterocycles. The van der Waals surface area contributed by atoms with Crippen LogP contribution in [0.5, 0.6) is 11.5 Å². The quantitative estimate of drug-likeness (QED) is 0.864. The van der Waals surface area contributed by atoms with E-state index in [-0.39, 0.29) is 0 Å². The maximum Gasteiger partial charge on any atom is 0.427 e. The average Bonchev–Trinajstić information content (AvgIpc) is 2.60. The van der Waals surface area contributed by atoms with Crippen LogP contribution in [-0.4, -0.2) is 33.1 Å². The number of hydrogen-bond acceptors (Lipinski definition) is 5. The van der Waals surface area contributed by atoms with Gasteiger partial charge < -0.3 is 14.2 Å². The third-order valence-electron chi connectivity index (χ3n) is 3.72. The van der Waals surface area contributed by atoms with Crippen LogP contribution in [0.4, 0.5) is 4.79 Å². The first-order valence-corrected chi connectivity index (χ1v) is 7.51. The van der Waals surface area contributed by atoms with Crippen molar-refractivity contribution >= 4 is 17.9 Å². The molecule has 0 heterocycles. The summed E-state index contributed by atoms with van der Waals surface area (Å²) in [6, 6.07) is 5.69. The fraction of sp³-hybridized carbons (Fsp3) is 0.412. The molecule has 1 aliphatic carbocycles. The number of carbonyl (C=O) groups excluding carboxylic acids is 1. The maximum atomic E-state index is 11.2.